The number of phenolic OH excluding ortho intramolecular Hbond substituents is 1. The van der Waals surface area contributed by atoms with Crippen LogP contribution in [-0.4, -0.2) is 30.1 Å². The zero-order valence-corrected chi connectivity index (χ0v) is 13.1. The third-order valence-corrected chi connectivity index (χ3v) is 4.68. The molecule has 2 atom stereocenters. The molecule has 110 valence electrons. The van der Waals surface area contributed by atoms with Gasteiger partial charge in [0.2, 0.25) is 0 Å². The van der Waals surface area contributed by atoms with Gasteiger partial charge >= 0.3 is 0 Å². The molecule has 0 fully saturated rings. The molecule has 0 aromatic heterocycles. The van der Waals surface area contributed by atoms with Crippen molar-refractivity contribution in [3.05, 3.63) is 64.2 Å². The minimum absolute atomic E-state index is 0.284. The molecule has 1 aliphatic carbocycles. The third-order valence-electron chi connectivity index (χ3n) is 4.45. The van der Waals surface area contributed by atoms with Gasteiger partial charge in [-0.3, -0.25) is 0 Å². The van der Waals surface area contributed by atoms with Crippen LogP contribution >= 0.6 is 11.6 Å². The van der Waals surface area contributed by atoms with Crippen molar-refractivity contribution in [2.24, 2.45) is 0 Å². The zero-order valence-electron chi connectivity index (χ0n) is 12.4. The first-order valence-corrected chi connectivity index (χ1v) is 7.66. The van der Waals surface area contributed by atoms with Gasteiger partial charge in [0.25, 0.3) is 0 Å². The summed E-state index contributed by atoms with van der Waals surface area (Å²) in [7, 11) is 4.26. The average molecular weight is 302 g/mol. The van der Waals surface area contributed by atoms with Crippen LogP contribution in [0.25, 0.3) is 0 Å². The van der Waals surface area contributed by atoms with E-state index in [1.165, 1.54) is 16.7 Å². The SMILES string of the molecule is CN(C)C1Cc2ccc(O)cc2C(c2cccc(Cl)c2)C1. The molecule has 0 spiro atoms. The van der Waals surface area contributed by atoms with Gasteiger partial charge in [0.05, 0.1) is 0 Å². The highest BCUT2D eigenvalue weighted by molar-refractivity contribution is 6.30. The van der Waals surface area contributed by atoms with E-state index in [0.717, 1.165) is 17.9 Å². The number of hydrogen-bond acceptors (Lipinski definition) is 2. The van der Waals surface area contributed by atoms with Gasteiger partial charge in [-0.15, -0.1) is 0 Å². The fraction of sp³-hybridized carbons (Fsp3) is 0.333. The second-order valence-electron chi connectivity index (χ2n) is 6.05. The molecule has 0 bridgehead atoms. The summed E-state index contributed by atoms with van der Waals surface area (Å²) >= 11 is 6.16. The standard InChI is InChI=1S/C18H20ClNO/c1-20(2)15-9-13-6-7-16(21)11-18(13)17(10-15)12-4-3-5-14(19)8-12/h3-8,11,15,17,21H,9-10H2,1-2H3. The van der Waals surface area contributed by atoms with E-state index >= 15 is 0 Å². The lowest BCUT2D eigenvalue weighted by molar-refractivity contribution is 0.258. The Balaban J connectivity index is 2.08. The van der Waals surface area contributed by atoms with Crippen LogP contribution in [0.2, 0.25) is 5.02 Å². The molecule has 21 heavy (non-hydrogen) atoms. The van der Waals surface area contributed by atoms with Crippen molar-refractivity contribution in [1.29, 1.82) is 0 Å². The highest BCUT2D eigenvalue weighted by atomic mass is 35.5. The van der Waals surface area contributed by atoms with E-state index in [1.54, 1.807) is 6.07 Å². The van der Waals surface area contributed by atoms with Crippen LogP contribution in [0.15, 0.2) is 42.5 Å². The molecule has 1 N–H and O–H groups in total. The van der Waals surface area contributed by atoms with Crippen LogP contribution in [0.5, 0.6) is 5.75 Å². The van der Waals surface area contributed by atoms with Gasteiger partial charge < -0.3 is 10.0 Å². The van der Waals surface area contributed by atoms with E-state index in [4.69, 9.17) is 11.6 Å². The molecule has 0 saturated heterocycles. The number of fused-ring (bicyclic) bond motifs is 1. The third kappa shape index (κ3) is 2.92. The first kappa shape index (κ1) is 14.4. The zero-order chi connectivity index (χ0) is 15.0. The van der Waals surface area contributed by atoms with E-state index < -0.39 is 0 Å². The number of rotatable bonds is 2. The number of phenols is 1. The molecule has 0 amide bonds. The van der Waals surface area contributed by atoms with Gasteiger partial charge in [-0.1, -0.05) is 29.8 Å². The minimum Gasteiger partial charge on any atom is -0.508 e. The average Bonchev–Trinajstić information content (AvgIpc) is 2.46. The highest BCUT2D eigenvalue weighted by Gasteiger charge is 2.29. The second kappa shape index (κ2) is 5.70. The molecule has 3 heteroatoms. The lowest BCUT2D eigenvalue weighted by Crippen LogP contribution is -2.35. The van der Waals surface area contributed by atoms with Crippen LogP contribution in [0.1, 0.15) is 29.0 Å². The molecule has 1 aliphatic rings. The van der Waals surface area contributed by atoms with E-state index in [9.17, 15) is 5.11 Å². The molecule has 0 saturated carbocycles. The number of halogens is 1. The van der Waals surface area contributed by atoms with Gasteiger partial charge in [0.1, 0.15) is 5.75 Å². The van der Waals surface area contributed by atoms with Gasteiger partial charge in [-0.05, 0) is 67.9 Å². The van der Waals surface area contributed by atoms with Crippen molar-refractivity contribution in [2.45, 2.75) is 24.8 Å². The molecule has 0 heterocycles. The Kier molecular flexibility index (Phi) is 3.92. The molecule has 2 aromatic carbocycles. The van der Waals surface area contributed by atoms with Crippen molar-refractivity contribution in [3.63, 3.8) is 0 Å². The summed E-state index contributed by atoms with van der Waals surface area (Å²) in [6.07, 6.45) is 2.07. The van der Waals surface area contributed by atoms with E-state index in [2.05, 4.69) is 31.1 Å². The Morgan fingerprint density at radius 1 is 1.14 bits per heavy atom. The Morgan fingerprint density at radius 3 is 2.67 bits per heavy atom. The normalized spacial score (nSPS) is 21.3. The summed E-state index contributed by atoms with van der Waals surface area (Å²) in [6.45, 7) is 0. The predicted molar refractivity (Wildman–Crippen MR) is 87.2 cm³/mol. The maximum Gasteiger partial charge on any atom is 0.115 e. The summed E-state index contributed by atoms with van der Waals surface area (Å²) in [5, 5.41) is 10.6. The lowest BCUT2D eigenvalue weighted by atomic mass is 9.76. The minimum atomic E-state index is 0.284. The number of benzene rings is 2. The second-order valence-corrected chi connectivity index (χ2v) is 6.48. The van der Waals surface area contributed by atoms with Crippen molar-refractivity contribution in [1.82, 2.24) is 4.90 Å². The number of likely N-dealkylation sites (N-methyl/N-ethyl adjacent to an activating group) is 1. The Morgan fingerprint density at radius 2 is 1.95 bits per heavy atom. The molecule has 2 unspecified atom stereocenters. The molecule has 0 aliphatic heterocycles. The first-order chi connectivity index (χ1) is 10.0. The van der Waals surface area contributed by atoms with Crippen molar-refractivity contribution in [3.8, 4) is 5.75 Å². The summed E-state index contributed by atoms with van der Waals surface area (Å²) in [5.41, 5.74) is 3.78. The predicted octanol–water partition coefficient (Wildman–Crippen LogP) is 4.05. The number of hydrogen-bond donors (Lipinski definition) is 1. The molecule has 0 radical (unpaired) electrons. The van der Waals surface area contributed by atoms with Crippen molar-refractivity contribution >= 4 is 11.6 Å². The summed E-state index contributed by atoms with van der Waals surface area (Å²) in [5.74, 6) is 0.621. The summed E-state index contributed by atoms with van der Waals surface area (Å²) < 4.78 is 0. The van der Waals surface area contributed by atoms with Crippen molar-refractivity contribution < 1.29 is 5.11 Å². The van der Waals surface area contributed by atoms with Gasteiger partial charge in [0.15, 0.2) is 0 Å². The topological polar surface area (TPSA) is 23.5 Å². The smallest absolute Gasteiger partial charge is 0.115 e. The monoisotopic (exact) mass is 301 g/mol. The number of aromatic hydroxyl groups is 1. The fourth-order valence-corrected chi connectivity index (χ4v) is 3.46. The molecular formula is C18H20ClNO. The van der Waals surface area contributed by atoms with Gasteiger partial charge in [-0.2, -0.15) is 0 Å². The maximum absolute atomic E-state index is 9.85. The van der Waals surface area contributed by atoms with Gasteiger partial charge in [0, 0.05) is 17.0 Å². The fourth-order valence-electron chi connectivity index (χ4n) is 3.26. The van der Waals surface area contributed by atoms with Crippen LogP contribution in [0.4, 0.5) is 0 Å². The van der Waals surface area contributed by atoms with E-state index in [0.29, 0.717) is 11.8 Å². The Hall–Kier alpha value is -1.51. The summed E-state index contributed by atoms with van der Waals surface area (Å²) in [4.78, 5) is 2.29. The molecule has 2 aromatic rings. The van der Waals surface area contributed by atoms with E-state index in [-0.39, 0.29) is 5.92 Å². The van der Waals surface area contributed by atoms with Crippen LogP contribution in [-0.2, 0) is 6.42 Å². The molecular weight excluding hydrogens is 282 g/mol. The maximum atomic E-state index is 9.85. The van der Waals surface area contributed by atoms with Crippen LogP contribution < -0.4 is 0 Å². The van der Waals surface area contributed by atoms with Crippen molar-refractivity contribution in [2.75, 3.05) is 14.1 Å². The Labute approximate surface area is 131 Å². The number of nitrogens with zero attached hydrogens (tertiary/aromatic N) is 1. The quantitative estimate of drug-likeness (QED) is 0.904. The largest absolute Gasteiger partial charge is 0.508 e. The Bertz CT molecular complexity index is 653. The summed E-state index contributed by atoms with van der Waals surface area (Å²) in [6, 6.07) is 14.3. The van der Waals surface area contributed by atoms with Crippen LogP contribution in [0, 0.1) is 0 Å². The molecule has 3 rings (SSSR count). The molecule has 2 nitrogen and oxygen atoms in total. The van der Waals surface area contributed by atoms with E-state index in [1.807, 2.05) is 24.3 Å². The highest BCUT2D eigenvalue weighted by Crippen LogP contribution is 2.39. The van der Waals surface area contributed by atoms with Gasteiger partial charge in [-0.25, -0.2) is 0 Å². The lowest BCUT2D eigenvalue weighted by Gasteiger charge is -2.35. The first-order valence-electron chi connectivity index (χ1n) is 7.28. The van der Waals surface area contributed by atoms with Crippen LogP contribution in [0.3, 0.4) is 0 Å².